The maximum absolute atomic E-state index is 12.2. The third-order valence-electron chi connectivity index (χ3n) is 5.37. The van der Waals surface area contributed by atoms with Crippen LogP contribution >= 0.6 is 34.9 Å². The Balaban J connectivity index is 1.08. The van der Waals surface area contributed by atoms with Gasteiger partial charge in [0.15, 0.2) is 8.68 Å². The highest BCUT2D eigenvalue weighted by molar-refractivity contribution is 8.03. The lowest BCUT2D eigenvalue weighted by atomic mass is 10.0. The van der Waals surface area contributed by atoms with Gasteiger partial charge < -0.3 is 0 Å². The van der Waals surface area contributed by atoms with Crippen molar-refractivity contribution in [1.82, 2.24) is 15.6 Å². The first-order valence-electron chi connectivity index (χ1n) is 11.3. The molecule has 178 valence electrons. The van der Waals surface area contributed by atoms with Crippen LogP contribution in [-0.4, -0.2) is 28.1 Å². The third-order valence-corrected chi connectivity index (χ3v) is 8.61. The lowest BCUT2D eigenvalue weighted by Gasteiger charge is -2.04. The molecule has 4 aromatic carbocycles. The normalized spacial score (nSPS) is 11.2. The molecule has 0 aliphatic heterocycles. The number of amides is 1. The van der Waals surface area contributed by atoms with Crippen molar-refractivity contribution in [3.05, 3.63) is 108 Å². The second-order valence-electron chi connectivity index (χ2n) is 7.83. The van der Waals surface area contributed by atoms with Gasteiger partial charge in [-0.3, -0.25) is 4.79 Å². The van der Waals surface area contributed by atoms with E-state index in [-0.39, 0.29) is 11.7 Å². The fourth-order valence-corrected chi connectivity index (χ4v) is 6.42. The SMILES string of the molecule is O=C(CSc1nnc(SCc2cccc3ccccc23)s1)NN=Cc1ccc(-c2ccccc2)cc1. The summed E-state index contributed by atoms with van der Waals surface area (Å²) in [6.45, 7) is 0. The fourth-order valence-electron chi connectivity index (χ4n) is 3.60. The van der Waals surface area contributed by atoms with Crippen molar-refractivity contribution in [2.45, 2.75) is 14.4 Å². The number of rotatable bonds is 9. The molecule has 36 heavy (non-hydrogen) atoms. The van der Waals surface area contributed by atoms with E-state index in [9.17, 15) is 4.79 Å². The number of hydrogen-bond donors (Lipinski definition) is 1. The molecule has 1 heterocycles. The van der Waals surface area contributed by atoms with Crippen LogP contribution in [-0.2, 0) is 10.5 Å². The van der Waals surface area contributed by atoms with Crippen LogP contribution in [0, 0.1) is 0 Å². The van der Waals surface area contributed by atoms with Gasteiger partial charge in [0, 0.05) is 5.75 Å². The first kappa shape index (κ1) is 24.2. The van der Waals surface area contributed by atoms with Crippen molar-refractivity contribution >= 4 is 57.8 Å². The van der Waals surface area contributed by atoms with Gasteiger partial charge in [-0.05, 0) is 33.0 Å². The van der Waals surface area contributed by atoms with E-state index >= 15 is 0 Å². The molecule has 0 unspecified atom stereocenters. The van der Waals surface area contributed by atoms with Gasteiger partial charge in [-0.25, -0.2) is 5.43 Å². The largest absolute Gasteiger partial charge is 0.272 e. The number of hydrogen-bond acceptors (Lipinski definition) is 7. The lowest BCUT2D eigenvalue weighted by Crippen LogP contribution is -2.19. The molecule has 0 fully saturated rings. The number of nitrogens with one attached hydrogen (secondary N) is 1. The minimum Gasteiger partial charge on any atom is -0.272 e. The van der Waals surface area contributed by atoms with E-state index in [2.05, 4.69) is 75.3 Å². The molecule has 0 aliphatic rings. The summed E-state index contributed by atoms with van der Waals surface area (Å²) in [5, 5.41) is 15.1. The number of fused-ring (bicyclic) bond motifs is 1. The Morgan fingerprint density at radius 3 is 2.33 bits per heavy atom. The van der Waals surface area contributed by atoms with Crippen LogP contribution < -0.4 is 5.43 Å². The van der Waals surface area contributed by atoms with Gasteiger partial charge in [0.25, 0.3) is 5.91 Å². The predicted octanol–water partition coefficient (Wildman–Crippen LogP) is 6.89. The van der Waals surface area contributed by atoms with E-state index in [4.69, 9.17) is 0 Å². The topological polar surface area (TPSA) is 67.2 Å². The van der Waals surface area contributed by atoms with Crippen LogP contribution in [0.4, 0.5) is 0 Å². The van der Waals surface area contributed by atoms with E-state index in [0.717, 1.165) is 31.1 Å². The number of benzene rings is 4. The number of carbonyl (C=O) groups is 1. The van der Waals surface area contributed by atoms with Crippen LogP contribution in [0.1, 0.15) is 11.1 Å². The first-order chi connectivity index (χ1) is 17.7. The Bertz CT molecular complexity index is 1480. The molecule has 0 radical (unpaired) electrons. The average Bonchev–Trinajstić information content (AvgIpc) is 3.39. The summed E-state index contributed by atoms with van der Waals surface area (Å²) in [6.07, 6.45) is 1.64. The minimum atomic E-state index is -0.183. The molecule has 0 atom stereocenters. The van der Waals surface area contributed by atoms with Gasteiger partial charge in [-0.1, -0.05) is 132 Å². The van der Waals surface area contributed by atoms with Gasteiger partial charge in [0.2, 0.25) is 0 Å². The molecule has 8 heteroatoms. The summed E-state index contributed by atoms with van der Waals surface area (Å²) >= 11 is 4.53. The maximum Gasteiger partial charge on any atom is 0.250 e. The van der Waals surface area contributed by atoms with Crippen molar-refractivity contribution in [2.24, 2.45) is 5.10 Å². The maximum atomic E-state index is 12.2. The molecule has 5 aromatic rings. The van der Waals surface area contributed by atoms with Crippen LogP contribution in [0.2, 0.25) is 0 Å². The van der Waals surface area contributed by atoms with Crippen molar-refractivity contribution in [3.8, 4) is 11.1 Å². The fraction of sp³-hybridized carbons (Fsp3) is 0.0714. The second-order valence-corrected chi connectivity index (χ2v) is 11.3. The summed E-state index contributed by atoms with van der Waals surface area (Å²) in [5.41, 5.74) is 7.07. The van der Waals surface area contributed by atoms with Crippen LogP contribution in [0.5, 0.6) is 0 Å². The highest BCUT2D eigenvalue weighted by atomic mass is 32.2. The quantitative estimate of drug-likeness (QED) is 0.129. The van der Waals surface area contributed by atoms with Crippen LogP contribution in [0.15, 0.2) is 111 Å². The van der Waals surface area contributed by atoms with Crippen molar-refractivity contribution in [2.75, 3.05) is 5.75 Å². The zero-order chi connectivity index (χ0) is 24.6. The van der Waals surface area contributed by atoms with E-state index in [0.29, 0.717) is 0 Å². The third kappa shape index (κ3) is 6.40. The van der Waals surface area contributed by atoms with Crippen LogP contribution in [0.3, 0.4) is 0 Å². The zero-order valence-electron chi connectivity index (χ0n) is 19.2. The molecule has 1 amide bonds. The van der Waals surface area contributed by atoms with Crippen molar-refractivity contribution < 1.29 is 4.79 Å². The highest BCUT2D eigenvalue weighted by Crippen LogP contribution is 2.32. The Morgan fingerprint density at radius 2 is 1.50 bits per heavy atom. The van der Waals surface area contributed by atoms with E-state index in [1.54, 1.807) is 18.0 Å². The number of aromatic nitrogens is 2. The number of hydrazone groups is 1. The Morgan fingerprint density at radius 1 is 0.806 bits per heavy atom. The molecule has 0 spiro atoms. The highest BCUT2D eigenvalue weighted by Gasteiger charge is 2.09. The molecule has 5 nitrogen and oxygen atoms in total. The number of thioether (sulfide) groups is 2. The Hall–Kier alpha value is -3.46. The standard InChI is InChI=1S/C28H22N4OS3/c33-26(30-29-17-20-13-15-22(16-14-20)21-7-2-1-3-8-21)19-35-28-32-31-27(36-28)34-18-24-11-6-10-23-9-4-5-12-25(23)24/h1-17H,18-19H2,(H,30,33). The molecule has 1 aromatic heterocycles. The average molecular weight is 527 g/mol. The van der Waals surface area contributed by atoms with Gasteiger partial charge in [0.05, 0.1) is 12.0 Å². The minimum absolute atomic E-state index is 0.183. The lowest BCUT2D eigenvalue weighted by molar-refractivity contribution is -0.118. The molecule has 0 saturated carbocycles. The molecule has 0 bridgehead atoms. The second kappa shape index (κ2) is 12.0. The zero-order valence-corrected chi connectivity index (χ0v) is 21.7. The van der Waals surface area contributed by atoms with Crippen molar-refractivity contribution in [3.63, 3.8) is 0 Å². The van der Waals surface area contributed by atoms with Gasteiger partial charge in [-0.15, -0.1) is 10.2 Å². The Kier molecular flexibility index (Phi) is 8.07. The van der Waals surface area contributed by atoms with E-state index in [1.165, 1.54) is 39.4 Å². The molecule has 1 N–H and O–H groups in total. The number of nitrogens with zero attached hydrogens (tertiary/aromatic N) is 3. The summed E-state index contributed by atoms with van der Waals surface area (Å²) in [4.78, 5) is 12.2. The molecular weight excluding hydrogens is 505 g/mol. The first-order valence-corrected chi connectivity index (χ1v) is 14.1. The van der Waals surface area contributed by atoms with Crippen molar-refractivity contribution in [1.29, 1.82) is 0 Å². The van der Waals surface area contributed by atoms with E-state index < -0.39 is 0 Å². The molecule has 0 saturated heterocycles. The Labute approximate surface area is 222 Å². The van der Waals surface area contributed by atoms with Gasteiger partial charge in [0.1, 0.15) is 0 Å². The van der Waals surface area contributed by atoms with E-state index in [1.807, 2.05) is 42.5 Å². The smallest absolute Gasteiger partial charge is 0.250 e. The summed E-state index contributed by atoms with van der Waals surface area (Å²) < 4.78 is 1.66. The van der Waals surface area contributed by atoms with Gasteiger partial charge in [-0.2, -0.15) is 5.10 Å². The molecular formula is C28H22N4OS3. The molecule has 0 aliphatic carbocycles. The molecule has 5 rings (SSSR count). The summed E-state index contributed by atoms with van der Waals surface area (Å²) in [6, 6.07) is 33.0. The summed E-state index contributed by atoms with van der Waals surface area (Å²) in [5.74, 6) is 0.868. The van der Waals surface area contributed by atoms with Crippen LogP contribution in [0.25, 0.3) is 21.9 Å². The summed E-state index contributed by atoms with van der Waals surface area (Å²) in [7, 11) is 0. The van der Waals surface area contributed by atoms with Gasteiger partial charge >= 0.3 is 0 Å². The monoisotopic (exact) mass is 526 g/mol. The predicted molar refractivity (Wildman–Crippen MR) is 152 cm³/mol. The number of carbonyl (C=O) groups excluding carboxylic acids is 1.